The average molecular weight is 205 g/mol. The third-order valence-corrected chi connectivity index (χ3v) is 2.39. The van der Waals surface area contributed by atoms with Gasteiger partial charge in [-0.15, -0.1) is 6.58 Å². The Morgan fingerprint density at radius 2 is 2.33 bits per heavy atom. The molecule has 3 heteroatoms. The van der Waals surface area contributed by atoms with E-state index in [9.17, 15) is 0 Å². The van der Waals surface area contributed by atoms with Crippen LogP contribution in [0.4, 0.5) is 5.69 Å². The van der Waals surface area contributed by atoms with Crippen LogP contribution in [0.3, 0.4) is 0 Å². The quantitative estimate of drug-likeness (QED) is 0.746. The van der Waals surface area contributed by atoms with Gasteiger partial charge < -0.3 is 10.6 Å². The highest BCUT2D eigenvalue weighted by Gasteiger charge is 2.08. The first-order chi connectivity index (χ1) is 7.22. The van der Waals surface area contributed by atoms with Crippen molar-refractivity contribution in [1.82, 2.24) is 4.98 Å². The van der Waals surface area contributed by atoms with Gasteiger partial charge in [0.15, 0.2) is 0 Å². The molecule has 1 aromatic heterocycles. The molecule has 0 aliphatic heterocycles. The van der Waals surface area contributed by atoms with Crippen molar-refractivity contribution in [2.75, 3.05) is 18.0 Å². The van der Waals surface area contributed by atoms with Crippen LogP contribution in [0.1, 0.15) is 18.2 Å². The van der Waals surface area contributed by atoms with E-state index < -0.39 is 0 Å². The largest absolute Gasteiger partial charge is 0.368 e. The minimum Gasteiger partial charge on any atom is -0.368 e. The molecule has 0 radical (unpaired) electrons. The minimum absolute atomic E-state index is 0.524. The van der Waals surface area contributed by atoms with Crippen molar-refractivity contribution in [1.29, 1.82) is 0 Å². The number of hydrogen-bond acceptors (Lipinski definition) is 3. The summed E-state index contributed by atoms with van der Waals surface area (Å²) < 4.78 is 0. The van der Waals surface area contributed by atoms with Crippen molar-refractivity contribution < 1.29 is 0 Å². The number of nitrogens with zero attached hydrogens (tertiary/aromatic N) is 2. The van der Waals surface area contributed by atoms with Gasteiger partial charge in [-0.05, 0) is 19.9 Å². The van der Waals surface area contributed by atoms with Crippen LogP contribution in [0, 0.1) is 6.92 Å². The lowest BCUT2D eigenvalue weighted by Gasteiger charge is -2.24. The number of hydrogen-bond donors (Lipinski definition) is 1. The second kappa shape index (κ2) is 5.51. The summed E-state index contributed by atoms with van der Waals surface area (Å²) in [5.74, 6) is 0. The van der Waals surface area contributed by atoms with E-state index in [1.807, 2.05) is 19.2 Å². The average Bonchev–Trinajstić information content (AvgIpc) is 2.26. The Morgan fingerprint density at radius 3 is 2.87 bits per heavy atom. The van der Waals surface area contributed by atoms with Gasteiger partial charge in [0.1, 0.15) is 0 Å². The van der Waals surface area contributed by atoms with E-state index in [1.165, 1.54) is 5.69 Å². The highest BCUT2D eigenvalue weighted by Crippen LogP contribution is 2.20. The number of rotatable bonds is 5. The van der Waals surface area contributed by atoms with Crippen molar-refractivity contribution in [3.8, 4) is 0 Å². The molecule has 1 aromatic rings. The van der Waals surface area contributed by atoms with Crippen LogP contribution in [-0.2, 0) is 6.54 Å². The van der Waals surface area contributed by atoms with Gasteiger partial charge in [-0.3, -0.25) is 4.98 Å². The van der Waals surface area contributed by atoms with Crippen molar-refractivity contribution >= 4 is 5.69 Å². The van der Waals surface area contributed by atoms with Crippen LogP contribution in [-0.4, -0.2) is 18.1 Å². The molecule has 0 aliphatic rings. The first kappa shape index (κ1) is 11.7. The molecule has 0 fully saturated rings. The molecule has 0 aliphatic carbocycles. The molecule has 0 amide bonds. The Bertz CT molecular complexity index is 334. The van der Waals surface area contributed by atoms with Gasteiger partial charge in [0.25, 0.3) is 0 Å². The Kier molecular flexibility index (Phi) is 4.31. The maximum Gasteiger partial charge on any atom is 0.0448 e. The number of nitrogens with two attached hydrogens (primary N) is 1. The van der Waals surface area contributed by atoms with E-state index >= 15 is 0 Å². The molecule has 2 N–H and O–H groups in total. The summed E-state index contributed by atoms with van der Waals surface area (Å²) in [6.45, 7) is 10.2. The summed E-state index contributed by atoms with van der Waals surface area (Å²) in [5.41, 5.74) is 8.98. The molecule has 0 saturated heterocycles. The Balaban J connectivity index is 3.07. The summed E-state index contributed by atoms with van der Waals surface area (Å²) in [5, 5.41) is 0. The molecular formula is C12H19N3. The van der Waals surface area contributed by atoms with Gasteiger partial charge in [-0.2, -0.15) is 0 Å². The van der Waals surface area contributed by atoms with E-state index in [0.29, 0.717) is 6.54 Å². The summed E-state index contributed by atoms with van der Waals surface area (Å²) in [6, 6.07) is 2.08. The van der Waals surface area contributed by atoms with Crippen molar-refractivity contribution in [2.24, 2.45) is 5.73 Å². The highest BCUT2D eigenvalue weighted by atomic mass is 15.1. The van der Waals surface area contributed by atoms with Crippen molar-refractivity contribution in [3.05, 3.63) is 36.2 Å². The monoisotopic (exact) mass is 205 g/mol. The first-order valence-electron chi connectivity index (χ1n) is 5.24. The second-order valence-electron chi connectivity index (χ2n) is 3.49. The fraction of sp³-hybridized carbons (Fsp3) is 0.417. The van der Waals surface area contributed by atoms with Crippen molar-refractivity contribution in [3.63, 3.8) is 0 Å². The van der Waals surface area contributed by atoms with Gasteiger partial charge in [0.2, 0.25) is 0 Å². The lowest BCUT2D eigenvalue weighted by molar-refractivity contribution is 0.881. The van der Waals surface area contributed by atoms with E-state index in [2.05, 4.69) is 29.5 Å². The van der Waals surface area contributed by atoms with E-state index in [4.69, 9.17) is 5.73 Å². The molecule has 1 heterocycles. The second-order valence-corrected chi connectivity index (χ2v) is 3.49. The summed E-state index contributed by atoms with van der Waals surface area (Å²) in [4.78, 5) is 6.49. The van der Waals surface area contributed by atoms with Gasteiger partial charge in [-0.25, -0.2) is 0 Å². The summed E-state index contributed by atoms with van der Waals surface area (Å²) in [6.07, 6.45) is 3.76. The number of aromatic nitrogens is 1. The predicted octanol–water partition coefficient (Wildman–Crippen LogP) is 1.86. The van der Waals surface area contributed by atoms with Gasteiger partial charge in [0.05, 0.1) is 0 Å². The SMILES string of the molecule is C=CCN(CC)c1cc(C)ncc1CN. The van der Waals surface area contributed by atoms with E-state index in [1.54, 1.807) is 0 Å². The Morgan fingerprint density at radius 1 is 1.60 bits per heavy atom. The lowest BCUT2D eigenvalue weighted by Crippen LogP contribution is -2.24. The minimum atomic E-state index is 0.524. The molecule has 3 nitrogen and oxygen atoms in total. The van der Waals surface area contributed by atoms with E-state index in [-0.39, 0.29) is 0 Å². The molecule has 0 atom stereocenters. The highest BCUT2D eigenvalue weighted by molar-refractivity contribution is 5.53. The molecule has 0 saturated carbocycles. The smallest absolute Gasteiger partial charge is 0.0448 e. The summed E-state index contributed by atoms with van der Waals surface area (Å²) >= 11 is 0. The molecule has 0 spiro atoms. The van der Waals surface area contributed by atoms with E-state index in [0.717, 1.165) is 24.3 Å². The Labute approximate surface area is 91.6 Å². The number of anilines is 1. The van der Waals surface area contributed by atoms with Crippen LogP contribution in [0.5, 0.6) is 0 Å². The fourth-order valence-corrected chi connectivity index (χ4v) is 1.58. The molecule has 15 heavy (non-hydrogen) atoms. The fourth-order valence-electron chi connectivity index (χ4n) is 1.58. The Hall–Kier alpha value is -1.35. The van der Waals surface area contributed by atoms with Gasteiger partial charge in [0, 0.05) is 42.8 Å². The predicted molar refractivity (Wildman–Crippen MR) is 64.9 cm³/mol. The maximum absolute atomic E-state index is 5.70. The van der Waals surface area contributed by atoms with Crippen LogP contribution in [0.25, 0.3) is 0 Å². The topological polar surface area (TPSA) is 42.2 Å². The first-order valence-corrected chi connectivity index (χ1v) is 5.24. The maximum atomic E-state index is 5.70. The number of aryl methyl sites for hydroxylation is 1. The molecule has 0 aromatic carbocycles. The van der Waals surface area contributed by atoms with Crippen molar-refractivity contribution in [2.45, 2.75) is 20.4 Å². The zero-order chi connectivity index (χ0) is 11.3. The third-order valence-electron chi connectivity index (χ3n) is 2.39. The lowest BCUT2D eigenvalue weighted by atomic mass is 10.2. The molecule has 1 rings (SSSR count). The van der Waals surface area contributed by atoms with Crippen LogP contribution in [0.2, 0.25) is 0 Å². The zero-order valence-electron chi connectivity index (χ0n) is 9.53. The van der Waals surface area contributed by atoms with Crippen LogP contribution in [0.15, 0.2) is 24.9 Å². The van der Waals surface area contributed by atoms with Crippen LogP contribution >= 0.6 is 0 Å². The zero-order valence-corrected chi connectivity index (χ0v) is 9.53. The number of pyridine rings is 1. The van der Waals surface area contributed by atoms with Crippen LogP contribution < -0.4 is 10.6 Å². The third kappa shape index (κ3) is 2.80. The molecule has 82 valence electrons. The van der Waals surface area contributed by atoms with Gasteiger partial charge in [-0.1, -0.05) is 6.08 Å². The number of likely N-dealkylation sites (N-methyl/N-ethyl adjacent to an activating group) is 1. The van der Waals surface area contributed by atoms with Gasteiger partial charge >= 0.3 is 0 Å². The molecule has 0 bridgehead atoms. The summed E-state index contributed by atoms with van der Waals surface area (Å²) in [7, 11) is 0. The molecular weight excluding hydrogens is 186 g/mol. The standard InChI is InChI=1S/C12H19N3/c1-4-6-15(5-2)12-7-10(3)14-9-11(12)8-13/h4,7,9H,1,5-6,8,13H2,2-3H3. The normalized spacial score (nSPS) is 10.1. The molecule has 0 unspecified atom stereocenters.